The monoisotopic (exact) mass is 252 g/mol. The predicted octanol–water partition coefficient (Wildman–Crippen LogP) is 5.99. The number of hydrogen-bond donors (Lipinski definition) is 0. The van der Waals surface area contributed by atoms with Gasteiger partial charge in [-0.15, -0.1) is 0 Å². The van der Waals surface area contributed by atoms with Crippen LogP contribution in [0.3, 0.4) is 0 Å². The van der Waals surface area contributed by atoms with Crippen molar-refractivity contribution in [3.05, 3.63) is 12.3 Å². The van der Waals surface area contributed by atoms with Gasteiger partial charge in [-0.1, -0.05) is 64.9 Å². The van der Waals surface area contributed by atoms with Crippen molar-refractivity contribution >= 4 is 0 Å². The van der Waals surface area contributed by atoms with Crippen LogP contribution in [0.5, 0.6) is 0 Å². The van der Waals surface area contributed by atoms with Gasteiger partial charge in [0.05, 0.1) is 11.9 Å². The molecule has 1 fully saturated rings. The molecule has 1 heterocycles. The summed E-state index contributed by atoms with van der Waals surface area (Å²) >= 11 is 0. The van der Waals surface area contributed by atoms with E-state index in [2.05, 4.69) is 13.5 Å². The lowest BCUT2D eigenvalue weighted by Gasteiger charge is -2.19. The van der Waals surface area contributed by atoms with Crippen LogP contribution in [-0.2, 0) is 4.74 Å². The Morgan fingerprint density at radius 1 is 0.889 bits per heavy atom. The highest BCUT2D eigenvalue weighted by atomic mass is 16.5. The third-order valence-corrected chi connectivity index (χ3v) is 4.02. The first kappa shape index (κ1) is 15.6. The molecule has 1 heteroatoms. The molecule has 1 atom stereocenters. The Labute approximate surface area is 114 Å². The van der Waals surface area contributed by atoms with Crippen LogP contribution in [0.1, 0.15) is 90.4 Å². The fourth-order valence-electron chi connectivity index (χ4n) is 2.75. The van der Waals surface area contributed by atoms with Gasteiger partial charge in [-0.3, -0.25) is 0 Å². The van der Waals surface area contributed by atoms with Gasteiger partial charge < -0.3 is 4.74 Å². The predicted molar refractivity (Wildman–Crippen MR) is 79.7 cm³/mol. The Hall–Kier alpha value is -0.460. The van der Waals surface area contributed by atoms with Crippen molar-refractivity contribution in [2.45, 2.75) is 96.5 Å². The van der Waals surface area contributed by atoms with Crippen LogP contribution in [0.15, 0.2) is 12.3 Å². The average Bonchev–Trinajstić information content (AvgIpc) is 2.38. The van der Waals surface area contributed by atoms with Crippen molar-refractivity contribution in [3.63, 3.8) is 0 Å². The molecule has 0 N–H and O–H groups in total. The number of ether oxygens (including phenoxy) is 1. The van der Waals surface area contributed by atoms with E-state index in [1.807, 2.05) is 0 Å². The first-order valence-corrected chi connectivity index (χ1v) is 8.17. The van der Waals surface area contributed by atoms with Gasteiger partial charge in [0, 0.05) is 6.42 Å². The van der Waals surface area contributed by atoms with E-state index in [1.54, 1.807) is 0 Å². The van der Waals surface area contributed by atoms with E-state index in [0.29, 0.717) is 6.10 Å². The largest absolute Gasteiger partial charge is 0.495 e. The molecule has 1 nitrogen and oxygen atoms in total. The molecule has 0 radical (unpaired) electrons. The molecule has 0 spiro atoms. The molecule has 0 aromatic heterocycles. The Bertz CT molecular complexity index is 210. The van der Waals surface area contributed by atoms with Crippen LogP contribution in [0, 0.1) is 0 Å². The van der Waals surface area contributed by atoms with Gasteiger partial charge in [-0.25, -0.2) is 0 Å². The molecule has 0 aromatic rings. The smallest absolute Gasteiger partial charge is 0.0979 e. The SMILES string of the molecule is C=C1CCCCCCCCCCCCC(CC)O1. The van der Waals surface area contributed by atoms with Crippen molar-refractivity contribution < 1.29 is 4.74 Å². The molecular formula is C17H32O. The van der Waals surface area contributed by atoms with Crippen molar-refractivity contribution in [3.8, 4) is 0 Å². The zero-order valence-corrected chi connectivity index (χ0v) is 12.4. The standard InChI is InChI=1S/C17H32O/c1-3-17-15-13-11-9-7-5-4-6-8-10-12-14-16(2)18-17/h17H,2-15H2,1H3. The van der Waals surface area contributed by atoms with Gasteiger partial charge in [0.2, 0.25) is 0 Å². The fourth-order valence-corrected chi connectivity index (χ4v) is 2.75. The summed E-state index contributed by atoms with van der Waals surface area (Å²) in [4.78, 5) is 0. The van der Waals surface area contributed by atoms with E-state index >= 15 is 0 Å². The summed E-state index contributed by atoms with van der Waals surface area (Å²) in [5, 5.41) is 0. The molecule has 0 aromatic carbocycles. The summed E-state index contributed by atoms with van der Waals surface area (Å²) in [6.45, 7) is 6.31. The Morgan fingerprint density at radius 2 is 1.39 bits per heavy atom. The fraction of sp³-hybridized carbons (Fsp3) is 0.882. The summed E-state index contributed by atoms with van der Waals surface area (Å²) in [7, 11) is 0. The number of hydrogen-bond acceptors (Lipinski definition) is 1. The topological polar surface area (TPSA) is 9.23 Å². The van der Waals surface area contributed by atoms with E-state index in [0.717, 1.165) is 18.6 Å². The zero-order chi connectivity index (χ0) is 13.1. The highest BCUT2D eigenvalue weighted by molar-refractivity contribution is 4.83. The lowest BCUT2D eigenvalue weighted by Crippen LogP contribution is -2.11. The zero-order valence-electron chi connectivity index (χ0n) is 12.4. The van der Waals surface area contributed by atoms with Crippen LogP contribution in [0.4, 0.5) is 0 Å². The summed E-state index contributed by atoms with van der Waals surface area (Å²) < 4.78 is 5.98. The highest BCUT2D eigenvalue weighted by Crippen LogP contribution is 2.19. The molecule has 1 aliphatic rings. The molecule has 0 bridgehead atoms. The minimum atomic E-state index is 0.419. The van der Waals surface area contributed by atoms with Crippen LogP contribution >= 0.6 is 0 Å². The van der Waals surface area contributed by atoms with Crippen LogP contribution < -0.4 is 0 Å². The highest BCUT2D eigenvalue weighted by Gasteiger charge is 2.08. The van der Waals surface area contributed by atoms with Gasteiger partial charge in [0.25, 0.3) is 0 Å². The molecule has 106 valence electrons. The second-order valence-electron chi connectivity index (χ2n) is 5.76. The minimum absolute atomic E-state index is 0.419. The van der Waals surface area contributed by atoms with Crippen LogP contribution in [0.2, 0.25) is 0 Å². The summed E-state index contributed by atoms with van der Waals surface area (Å²) in [6, 6.07) is 0. The van der Waals surface area contributed by atoms with Crippen molar-refractivity contribution in [2.75, 3.05) is 0 Å². The van der Waals surface area contributed by atoms with Gasteiger partial charge in [0.1, 0.15) is 0 Å². The van der Waals surface area contributed by atoms with E-state index in [1.165, 1.54) is 70.6 Å². The average molecular weight is 252 g/mol. The maximum absolute atomic E-state index is 5.98. The van der Waals surface area contributed by atoms with E-state index in [9.17, 15) is 0 Å². The first-order chi connectivity index (χ1) is 8.83. The van der Waals surface area contributed by atoms with Crippen molar-refractivity contribution in [1.29, 1.82) is 0 Å². The van der Waals surface area contributed by atoms with Crippen LogP contribution in [-0.4, -0.2) is 6.10 Å². The molecule has 0 aliphatic carbocycles. The second kappa shape index (κ2) is 10.5. The minimum Gasteiger partial charge on any atom is -0.495 e. The van der Waals surface area contributed by atoms with E-state index in [4.69, 9.17) is 4.74 Å². The molecule has 0 saturated carbocycles. The van der Waals surface area contributed by atoms with E-state index < -0.39 is 0 Å². The van der Waals surface area contributed by atoms with Gasteiger partial charge in [-0.2, -0.15) is 0 Å². The molecule has 1 unspecified atom stereocenters. The number of rotatable bonds is 1. The maximum Gasteiger partial charge on any atom is 0.0979 e. The molecule has 1 saturated heterocycles. The second-order valence-corrected chi connectivity index (χ2v) is 5.76. The number of allylic oxidation sites excluding steroid dienone is 1. The lowest BCUT2D eigenvalue weighted by atomic mass is 10.0. The van der Waals surface area contributed by atoms with Crippen molar-refractivity contribution in [2.24, 2.45) is 0 Å². The molecule has 1 aliphatic heterocycles. The van der Waals surface area contributed by atoms with Gasteiger partial charge in [-0.05, 0) is 25.7 Å². The van der Waals surface area contributed by atoms with Crippen LogP contribution in [0.25, 0.3) is 0 Å². The molecular weight excluding hydrogens is 220 g/mol. The summed E-state index contributed by atoms with van der Waals surface area (Å²) in [5.41, 5.74) is 0. The Balaban J connectivity index is 2.30. The first-order valence-electron chi connectivity index (χ1n) is 8.17. The van der Waals surface area contributed by atoms with E-state index in [-0.39, 0.29) is 0 Å². The van der Waals surface area contributed by atoms with Crippen molar-refractivity contribution in [1.82, 2.24) is 0 Å². The molecule has 18 heavy (non-hydrogen) atoms. The lowest BCUT2D eigenvalue weighted by molar-refractivity contribution is 0.0961. The Morgan fingerprint density at radius 3 is 1.94 bits per heavy atom. The maximum atomic E-state index is 5.98. The van der Waals surface area contributed by atoms with Gasteiger partial charge in [0.15, 0.2) is 0 Å². The summed E-state index contributed by atoms with van der Waals surface area (Å²) in [6.07, 6.45) is 17.7. The summed E-state index contributed by atoms with van der Waals surface area (Å²) in [5.74, 6) is 1.02. The Kier molecular flexibility index (Phi) is 9.06. The normalized spacial score (nSPS) is 25.8. The molecule has 0 amide bonds. The third-order valence-electron chi connectivity index (χ3n) is 4.02. The van der Waals surface area contributed by atoms with Gasteiger partial charge >= 0.3 is 0 Å². The molecule has 1 rings (SSSR count). The quantitative estimate of drug-likeness (QED) is 0.557. The third kappa shape index (κ3) is 7.79.